The molecule has 2 heteroatoms. The first kappa shape index (κ1) is 10.9. The summed E-state index contributed by atoms with van der Waals surface area (Å²) in [7, 11) is 0. The zero-order chi connectivity index (χ0) is 13.8. The maximum absolute atomic E-state index is 4.78. The molecule has 5 aromatic rings. The zero-order valence-corrected chi connectivity index (χ0v) is 11.3. The van der Waals surface area contributed by atoms with Gasteiger partial charge in [0.2, 0.25) is 0 Å². The molecule has 0 aliphatic rings. The summed E-state index contributed by atoms with van der Waals surface area (Å²) >= 11 is 0. The number of imidazole rings is 1. The van der Waals surface area contributed by atoms with Gasteiger partial charge in [0.15, 0.2) is 0 Å². The van der Waals surface area contributed by atoms with Gasteiger partial charge in [0.1, 0.15) is 5.65 Å². The van der Waals surface area contributed by atoms with E-state index in [4.69, 9.17) is 4.98 Å². The van der Waals surface area contributed by atoms with E-state index in [1.807, 2.05) is 0 Å². The Bertz CT molecular complexity index is 1050. The van der Waals surface area contributed by atoms with Gasteiger partial charge in [0.05, 0.1) is 16.6 Å². The van der Waals surface area contributed by atoms with Crippen molar-refractivity contribution in [2.45, 2.75) is 0 Å². The van der Waals surface area contributed by atoms with Crippen molar-refractivity contribution >= 4 is 38.4 Å². The van der Waals surface area contributed by atoms with Crippen molar-refractivity contribution in [1.82, 2.24) is 9.38 Å². The Balaban J connectivity index is 2.18. The molecule has 0 saturated heterocycles. The van der Waals surface area contributed by atoms with Crippen molar-refractivity contribution in [2.24, 2.45) is 0 Å². The molecular formula is C19H12N2. The molecule has 2 nitrogen and oxygen atoms in total. The average Bonchev–Trinajstić information content (AvgIpc) is 2.94. The molecule has 0 spiro atoms. The van der Waals surface area contributed by atoms with E-state index >= 15 is 0 Å². The van der Waals surface area contributed by atoms with E-state index in [0.717, 1.165) is 11.2 Å². The fourth-order valence-electron chi connectivity index (χ4n) is 3.21. The molecule has 0 N–H and O–H groups in total. The van der Waals surface area contributed by atoms with Gasteiger partial charge in [-0.1, -0.05) is 48.5 Å². The largest absolute Gasteiger partial charge is 0.292 e. The number of hydrogen-bond acceptors (Lipinski definition) is 1. The van der Waals surface area contributed by atoms with Gasteiger partial charge in [-0.2, -0.15) is 0 Å². The maximum atomic E-state index is 4.78. The highest BCUT2D eigenvalue weighted by molar-refractivity contribution is 6.07. The number of aromatic nitrogens is 2. The Morgan fingerprint density at radius 1 is 0.667 bits per heavy atom. The van der Waals surface area contributed by atoms with E-state index in [2.05, 4.69) is 77.2 Å². The molecule has 5 rings (SSSR count). The quantitative estimate of drug-likeness (QED) is 0.394. The summed E-state index contributed by atoms with van der Waals surface area (Å²) in [5, 5.41) is 3.73. The molecule has 0 fully saturated rings. The summed E-state index contributed by atoms with van der Waals surface area (Å²) in [6, 6.07) is 25.4. The van der Waals surface area contributed by atoms with E-state index in [9.17, 15) is 0 Å². The third-order valence-electron chi connectivity index (χ3n) is 4.16. The first-order valence-electron chi connectivity index (χ1n) is 7.09. The Morgan fingerprint density at radius 2 is 1.43 bits per heavy atom. The molecule has 3 aromatic carbocycles. The summed E-state index contributed by atoms with van der Waals surface area (Å²) < 4.78 is 2.27. The van der Waals surface area contributed by atoms with Gasteiger partial charge in [-0.05, 0) is 35.0 Å². The van der Waals surface area contributed by atoms with Gasteiger partial charge >= 0.3 is 0 Å². The van der Waals surface area contributed by atoms with Gasteiger partial charge in [0.25, 0.3) is 0 Å². The van der Waals surface area contributed by atoms with Gasteiger partial charge in [-0.3, -0.25) is 4.40 Å². The summed E-state index contributed by atoms with van der Waals surface area (Å²) in [6.45, 7) is 0. The Labute approximate surface area is 121 Å². The minimum Gasteiger partial charge on any atom is -0.292 e. The van der Waals surface area contributed by atoms with Crippen molar-refractivity contribution in [3.8, 4) is 0 Å². The summed E-state index contributed by atoms with van der Waals surface area (Å²) in [5.74, 6) is 0. The molecule has 0 aliphatic heterocycles. The van der Waals surface area contributed by atoms with Crippen LogP contribution in [0, 0.1) is 0 Å². The number of rotatable bonds is 0. The highest BCUT2D eigenvalue weighted by atomic mass is 15.0. The standard InChI is InChI=1S/C19H12N2/c1-3-7-15-13(5-1)9-11-16-19(15)21-17-8-4-2-6-14(17)10-12-18(21)20-16/h1-12H. The van der Waals surface area contributed by atoms with E-state index in [-0.39, 0.29) is 0 Å². The molecule has 21 heavy (non-hydrogen) atoms. The lowest BCUT2D eigenvalue weighted by Gasteiger charge is -2.05. The molecule has 98 valence electrons. The lowest BCUT2D eigenvalue weighted by atomic mass is 10.1. The Kier molecular flexibility index (Phi) is 1.98. The van der Waals surface area contributed by atoms with Gasteiger partial charge in [-0.25, -0.2) is 4.98 Å². The molecule has 0 bridgehead atoms. The Hall–Kier alpha value is -2.87. The van der Waals surface area contributed by atoms with Crippen LogP contribution in [-0.4, -0.2) is 9.38 Å². The van der Waals surface area contributed by atoms with Gasteiger partial charge in [-0.15, -0.1) is 0 Å². The van der Waals surface area contributed by atoms with Crippen LogP contribution in [0.2, 0.25) is 0 Å². The molecule has 0 saturated carbocycles. The van der Waals surface area contributed by atoms with Gasteiger partial charge in [0, 0.05) is 5.39 Å². The van der Waals surface area contributed by atoms with E-state index in [0.29, 0.717) is 0 Å². The van der Waals surface area contributed by atoms with Crippen LogP contribution >= 0.6 is 0 Å². The molecular weight excluding hydrogens is 256 g/mol. The molecule has 0 atom stereocenters. The third-order valence-corrected chi connectivity index (χ3v) is 4.16. The number of hydrogen-bond donors (Lipinski definition) is 0. The first-order chi connectivity index (χ1) is 10.4. The molecule has 0 aliphatic carbocycles. The smallest absolute Gasteiger partial charge is 0.138 e. The predicted octanol–water partition coefficient (Wildman–Crippen LogP) is 4.79. The van der Waals surface area contributed by atoms with Gasteiger partial charge < -0.3 is 0 Å². The summed E-state index contributed by atoms with van der Waals surface area (Å²) in [5.41, 5.74) is 4.44. The second-order valence-corrected chi connectivity index (χ2v) is 5.35. The van der Waals surface area contributed by atoms with Crippen LogP contribution in [0.25, 0.3) is 38.4 Å². The topological polar surface area (TPSA) is 17.3 Å². The third kappa shape index (κ3) is 1.39. The van der Waals surface area contributed by atoms with Crippen LogP contribution in [0.5, 0.6) is 0 Å². The van der Waals surface area contributed by atoms with Crippen molar-refractivity contribution in [3.63, 3.8) is 0 Å². The van der Waals surface area contributed by atoms with E-state index < -0.39 is 0 Å². The SMILES string of the molecule is c1ccc2c(c1)ccc1nc3ccc4ccccc4n3c12. The maximum Gasteiger partial charge on any atom is 0.138 e. The van der Waals surface area contributed by atoms with Crippen molar-refractivity contribution in [2.75, 3.05) is 0 Å². The fraction of sp³-hybridized carbons (Fsp3) is 0. The van der Waals surface area contributed by atoms with Crippen LogP contribution in [0.1, 0.15) is 0 Å². The predicted molar refractivity (Wildman–Crippen MR) is 87.7 cm³/mol. The highest BCUT2D eigenvalue weighted by Crippen LogP contribution is 2.29. The van der Waals surface area contributed by atoms with Crippen molar-refractivity contribution in [3.05, 3.63) is 72.8 Å². The molecule has 2 aromatic heterocycles. The van der Waals surface area contributed by atoms with Crippen molar-refractivity contribution < 1.29 is 0 Å². The lowest BCUT2D eigenvalue weighted by Crippen LogP contribution is -1.88. The van der Waals surface area contributed by atoms with Crippen LogP contribution in [0.3, 0.4) is 0 Å². The normalized spacial score (nSPS) is 11.8. The summed E-state index contributed by atoms with van der Waals surface area (Å²) in [6.07, 6.45) is 0. The van der Waals surface area contributed by atoms with Crippen LogP contribution < -0.4 is 0 Å². The van der Waals surface area contributed by atoms with Crippen LogP contribution in [0.4, 0.5) is 0 Å². The van der Waals surface area contributed by atoms with Crippen LogP contribution in [0.15, 0.2) is 72.8 Å². The van der Waals surface area contributed by atoms with E-state index in [1.54, 1.807) is 0 Å². The zero-order valence-electron chi connectivity index (χ0n) is 11.3. The Morgan fingerprint density at radius 3 is 2.38 bits per heavy atom. The number of para-hydroxylation sites is 1. The molecule has 0 amide bonds. The number of nitrogens with zero attached hydrogens (tertiary/aromatic N) is 2. The van der Waals surface area contributed by atoms with Crippen molar-refractivity contribution in [1.29, 1.82) is 0 Å². The van der Waals surface area contributed by atoms with E-state index in [1.165, 1.54) is 27.2 Å². The molecule has 0 radical (unpaired) electrons. The average molecular weight is 268 g/mol. The lowest BCUT2D eigenvalue weighted by molar-refractivity contribution is 1.30. The minimum absolute atomic E-state index is 1.00. The number of fused-ring (bicyclic) bond motifs is 7. The molecule has 2 heterocycles. The fourth-order valence-corrected chi connectivity index (χ4v) is 3.21. The second kappa shape index (κ2) is 3.83. The second-order valence-electron chi connectivity index (χ2n) is 5.35. The monoisotopic (exact) mass is 268 g/mol. The minimum atomic E-state index is 1.00. The number of benzene rings is 3. The number of pyridine rings is 1. The first-order valence-corrected chi connectivity index (χ1v) is 7.09. The summed E-state index contributed by atoms with van der Waals surface area (Å²) in [4.78, 5) is 4.78. The molecule has 0 unspecified atom stereocenters. The highest BCUT2D eigenvalue weighted by Gasteiger charge is 2.10. The van der Waals surface area contributed by atoms with Crippen LogP contribution in [-0.2, 0) is 0 Å².